The summed E-state index contributed by atoms with van der Waals surface area (Å²) in [7, 11) is 0. The molecule has 1 aliphatic rings. The van der Waals surface area contributed by atoms with E-state index in [0.717, 1.165) is 36.2 Å². The van der Waals surface area contributed by atoms with Gasteiger partial charge in [-0.25, -0.2) is 4.98 Å². The van der Waals surface area contributed by atoms with Gasteiger partial charge in [0.1, 0.15) is 5.82 Å². The highest BCUT2D eigenvalue weighted by molar-refractivity contribution is 5.87. The quantitative estimate of drug-likeness (QED) is 0.879. The lowest BCUT2D eigenvalue weighted by Gasteiger charge is -2.11. The fourth-order valence-electron chi connectivity index (χ4n) is 2.52. The number of rotatable bonds is 5. The molecule has 2 N–H and O–H groups in total. The van der Waals surface area contributed by atoms with Gasteiger partial charge in [-0.15, -0.1) is 0 Å². The van der Waals surface area contributed by atoms with Gasteiger partial charge in [0.25, 0.3) is 0 Å². The first-order chi connectivity index (χ1) is 11.7. The number of allylic oxidation sites excluding steroid dienone is 2. The van der Waals surface area contributed by atoms with Gasteiger partial charge in [0.15, 0.2) is 0 Å². The van der Waals surface area contributed by atoms with E-state index >= 15 is 0 Å². The highest BCUT2D eigenvalue weighted by Gasteiger charge is 2.03. The fraction of sp³-hybridized carbons (Fsp3) is 0.211. The van der Waals surface area contributed by atoms with Crippen LogP contribution in [-0.2, 0) is 4.79 Å². The van der Waals surface area contributed by atoms with Gasteiger partial charge in [-0.3, -0.25) is 9.78 Å². The molecule has 2 aromatic heterocycles. The number of pyridine rings is 2. The Morgan fingerprint density at radius 2 is 2.08 bits per heavy atom. The van der Waals surface area contributed by atoms with Crippen molar-refractivity contribution in [2.45, 2.75) is 19.8 Å². The number of hydrogen-bond donors (Lipinski definition) is 2. The summed E-state index contributed by atoms with van der Waals surface area (Å²) in [6.07, 6.45) is 14.2. The Morgan fingerprint density at radius 1 is 1.17 bits per heavy atom. The average molecular weight is 320 g/mol. The molecule has 1 aliphatic carbocycles. The summed E-state index contributed by atoms with van der Waals surface area (Å²) >= 11 is 0. The predicted octanol–water partition coefficient (Wildman–Crippen LogP) is 3.79. The fourth-order valence-corrected chi connectivity index (χ4v) is 2.52. The third kappa shape index (κ3) is 4.29. The third-order valence-electron chi connectivity index (χ3n) is 3.71. The summed E-state index contributed by atoms with van der Waals surface area (Å²) in [6, 6.07) is 5.76. The molecule has 0 bridgehead atoms. The molecule has 5 nitrogen and oxygen atoms in total. The van der Waals surface area contributed by atoms with Crippen LogP contribution in [0.3, 0.4) is 0 Å². The van der Waals surface area contributed by atoms with Crippen LogP contribution in [0.25, 0.3) is 11.1 Å². The zero-order chi connectivity index (χ0) is 16.8. The molecule has 24 heavy (non-hydrogen) atoms. The van der Waals surface area contributed by atoms with Gasteiger partial charge in [0.2, 0.25) is 5.91 Å². The molecule has 122 valence electrons. The summed E-state index contributed by atoms with van der Waals surface area (Å²) in [5, 5.41) is 6.06. The average Bonchev–Trinajstić information content (AvgIpc) is 2.61. The maximum atomic E-state index is 11.0. The highest BCUT2D eigenvalue weighted by Crippen LogP contribution is 2.22. The van der Waals surface area contributed by atoms with Crippen LogP contribution < -0.4 is 10.6 Å². The van der Waals surface area contributed by atoms with E-state index in [1.54, 1.807) is 18.5 Å². The van der Waals surface area contributed by atoms with E-state index in [0.29, 0.717) is 5.82 Å². The van der Waals surface area contributed by atoms with Crippen molar-refractivity contribution in [1.82, 2.24) is 9.97 Å². The van der Waals surface area contributed by atoms with E-state index in [1.165, 1.54) is 12.5 Å². The summed E-state index contributed by atoms with van der Waals surface area (Å²) in [4.78, 5) is 19.6. The smallest absolute Gasteiger partial charge is 0.222 e. The summed E-state index contributed by atoms with van der Waals surface area (Å²) < 4.78 is 0. The first-order valence-electron chi connectivity index (χ1n) is 7.99. The molecule has 0 spiro atoms. The minimum Gasteiger partial charge on any atom is -0.380 e. The molecule has 5 heteroatoms. The van der Waals surface area contributed by atoms with Crippen LogP contribution in [0, 0.1) is 0 Å². The molecule has 2 heterocycles. The van der Waals surface area contributed by atoms with Crippen LogP contribution in [0.5, 0.6) is 0 Å². The van der Waals surface area contributed by atoms with Crippen molar-refractivity contribution in [3.05, 3.63) is 60.6 Å². The van der Waals surface area contributed by atoms with Crippen LogP contribution in [0.15, 0.2) is 60.6 Å². The van der Waals surface area contributed by atoms with Crippen LogP contribution in [0.1, 0.15) is 19.8 Å². The van der Waals surface area contributed by atoms with Gasteiger partial charge >= 0.3 is 0 Å². The summed E-state index contributed by atoms with van der Waals surface area (Å²) in [5.74, 6) is 0.415. The van der Waals surface area contributed by atoms with Crippen LogP contribution in [0.4, 0.5) is 11.5 Å². The Balaban J connectivity index is 1.69. The second-order valence-electron chi connectivity index (χ2n) is 5.69. The Bertz CT molecular complexity index is 778. The van der Waals surface area contributed by atoms with E-state index in [4.69, 9.17) is 0 Å². The number of aromatic nitrogens is 2. The first kappa shape index (κ1) is 15.9. The van der Waals surface area contributed by atoms with Crippen LogP contribution >= 0.6 is 0 Å². The molecule has 0 radical (unpaired) electrons. The molecule has 1 amide bonds. The van der Waals surface area contributed by atoms with Crippen molar-refractivity contribution in [1.29, 1.82) is 0 Å². The van der Waals surface area contributed by atoms with E-state index in [9.17, 15) is 4.79 Å². The predicted molar refractivity (Wildman–Crippen MR) is 96.7 cm³/mol. The second-order valence-corrected chi connectivity index (χ2v) is 5.69. The molecule has 0 unspecified atom stereocenters. The SMILES string of the molecule is CC(=O)Nc1ccc(-c2cncc(NCC3=CCCC=C3)c2)cn1. The molecule has 0 saturated heterocycles. The van der Waals surface area contributed by atoms with Crippen molar-refractivity contribution in [3.8, 4) is 11.1 Å². The Morgan fingerprint density at radius 3 is 2.79 bits per heavy atom. The molecule has 0 atom stereocenters. The van der Waals surface area contributed by atoms with Gasteiger partial charge in [0.05, 0.1) is 5.69 Å². The van der Waals surface area contributed by atoms with Gasteiger partial charge in [-0.2, -0.15) is 0 Å². The van der Waals surface area contributed by atoms with E-state index in [-0.39, 0.29) is 5.91 Å². The highest BCUT2D eigenvalue weighted by atomic mass is 16.1. The van der Waals surface area contributed by atoms with Gasteiger partial charge in [0, 0.05) is 43.2 Å². The minimum atomic E-state index is -0.130. The monoisotopic (exact) mass is 320 g/mol. The number of carbonyl (C=O) groups excluding carboxylic acids is 1. The molecule has 0 aromatic carbocycles. The summed E-state index contributed by atoms with van der Waals surface area (Å²) in [5.41, 5.74) is 4.21. The van der Waals surface area contributed by atoms with Gasteiger partial charge < -0.3 is 10.6 Å². The third-order valence-corrected chi connectivity index (χ3v) is 3.71. The summed E-state index contributed by atoms with van der Waals surface area (Å²) in [6.45, 7) is 2.26. The zero-order valence-corrected chi connectivity index (χ0v) is 13.6. The van der Waals surface area contributed by atoms with Crippen LogP contribution in [-0.4, -0.2) is 22.4 Å². The number of nitrogens with zero attached hydrogens (tertiary/aromatic N) is 2. The molecule has 3 rings (SSSR count). The molecular formula is C19H20N4O. The molecular weight excluding hydrogens is 300 g/mol. The Hall–Kier alpha value is -2.95. The number of hydrogen-bond acceptors (Lipinski definition) is 4. The minimum absolute atomic E-state index is 0.130. The number of amides is 1. The van der Waals surface area contributed by atoms with Crippen molar-refractivity contribution in [2.24, 2.45) is 0 Å². The maximum Gasteiger partial charge on any atom is 0.222 e. The van der Waals surface area contributed by atoms with Crippen molar-refractivity contribution in [2.75, 3.05) is 17.2 Å². The van der Waals surface area contributed by atoms with Gasteiger partial charge in [-0.05, 0) is 36.6 Å². The molecule has 0 aliphatic heterocycles. The van der Waals surface area contributed by atoms with E-state index in [2.05, 4.69) is 44.9 Å². The number of anilines is 2. The van der Waals surface area contributed by atoms with Gasteiger partial charge in [-0.1, -0.05) is 18.2 Å². The molecule has 0 fully saturated rings. The lowest BCUT2D eigenvalue weighted by molar-refractivity contribution is -0.114. The topological polar surface area (TPSA) is 66.9 Å². The van der Waals surface area contributed by atoms with Crippen molar-refractivity contribution < 1.29 is 4.79 Å². The lowest BCUT2D eigenvalue weighted by Crippen LogP contribution is -2.07. The largest absolute Gasteiger partial charge is 0.380 e. The molecule has 0 saturated carbocycles. The number of carbonyl (C=O) groups is 1. The van der Waals surface area contributed by atoms with E-state index < -0.39 is 0 Å². The Labute approximate surface area is 141 Å². The molecule has 2 aromatic rings. The van der Waals surface area contributed by atoms with E-state index in [1.807, 2.05) is 12.3 Å². The Kier molecular flexibility index (Phi) is 5.01. The maximum absolute atomic E-state index is 11.0. The second kappa shape index (κ2) is 7.55. The standard InChI is InChI=1S/C19H20N4O/c1-14(24)23-19-8-7-16(12-22-19)17-9-18(13-20-11-17)21-10-15-5-3-2-4-6-15/h3,5-9,11-13,21H,2,4,10H2,1H3,(H,22,23,24). The van der Waals surface area contributed by atoms with Crippen molar-refractivity contribution in [3.63, 3.8) is 0 Å². The van der Waals surface area contributed by atoms with Crippen LogP contribution in [0.2, 0.25) is 0 Å². The lowest BCUT2D eigenvalue weighted by atomic mass is 10.1. The first-order valence-corrected chi connectivity index (χ1v) is 7.99. The normalized spacial score (nSPS) is 13.3. The van der Waals surface area contributed by atoms with Crippen molar-refractivity contribution >= 4 is 17.4 Å². The number of nitrogens with one attached hydrogen (secondary N) is 2. The zero-order valence-electron chi connectivity index (χ0n) is 13.6.